The van der Waals surface area contributed by atoms with Crippen LogP contribution in [0.1, 0.15) is 10.5 Å². The number of carbonyl (C=O) groups excluding carboxylic acids is 1. The lowest BCUT2D eigenvalue weighted by Crippen LogP contribution is -2.06. The monoisotopic (exact) mass is 187 g/mol. The number of aliphatic hydroxyl groups is 1. The molecule has 0 atom stereocenters. The molecule has 1 heterocycles. The van der Waals surface area contributed by atoms with Gasteiger partial charge in [0.05, 0.1) is 0 Å². The van der Waals surface area contributed by atoms with E-state index < -0.39 is 6.61 Å². The Morgan fingerprint density at radius 1 is 1.29 bits per heavy atom. The van der Waals surface area contributed by atoms with E-state index >= 15 is 0 Å². The smallest absolute Gasteiger partial charge is 0.206 e. The average molecular weight is 187 g/mol. The van der Waals surface area contributed by atoms with Gasteiger partial charge in [0.2, 0.25) is 5.78 Å². The van der Waals surface area contributed by atoms with Crippen molar-refractivity contribution < 1.29 is 9.90 Å². The van der Waals surface area contributed by atoms with Crippen molar-refractivity contribution in [1.82, 2.24) is 4.98 Å². The van der Waals surface area contributed by atoms with Crippen molar-refractivity contribution in [3.05, 3.63) is 42.2 Å². The van der Waals surface area contributed by atoms with E-state index in [0.29, 0.717) is 5.69 Å². The molecule has 0 unspecified atom stereocenters. The number of pyridine rings is 1. The molecular weight excluding hydrogens is 178 g/mol. The van der Waals surface area contributed by atoms with Crippen LogP contribution >= 0.6 is 0 Å². The summed E-state index contributed by atoms with van der Waals surface area (Å²) < 4.78 is 0. The summed E-state index contributed by atoms with van der Waals surface area (Å²) in [7, 11) is 0. The molecule has 2 aromatic rings. The first-order valence-corrected chi connectivity index (χ1v) is 4.30. The molecule has 0 fully saturated rings. The van der Waals surface area contributed by atoms with Crippen molar-refractivity contribution >= 4 is 16.6 Å². The topological polar surface area (TPSA) is 50.2 Å². The van der Waals surface area contributed by atoms with E-state index in [2.05, 4.69) is 4.98 Å². The first kappa shape index (κ1) is 8.84. The number of hydrogen-bond acceptors (Lipinski definition) is 3. The third kappa shape index (κ3) is 1.49. The second-order valence-electron chi connectivity index (χ2n) is 3.00. The number of aromatic nitrogens is 1. The predicted octanol–water partition coefficient (Wildman–Crippen LogP) is 1.41. The van der Waals surface area contributed by atoms with Gasteiger partial charge in [0, 0.05) is 11.6 Å². The molecule has 3 heteroatoms. The summed E-state index contributed by atoms with van der Waals surface area (Å²) in [5, 5.41) is 10.6. The summed E-state index contributed by atoms with van der Waals surface area (Å²) >= 11 is 0. The number of carbonyl (C=O) groups is 1. The van der Waals surface area contributed by atoms with Crippen LogP contribution in [0, 0.1) is 0 Å². The number of nitrogens with zero attached hydrogens (tertiary/aromatic N) is 1. The van der Waals surface area contributed by atoms with Crippen LogP contribution in [0.5, 0.6) is 0 Å². The number of ketones is 1. The molecule has 0 aliphatic heterocycles. The number of benzene rings is 1. The third-order valence-electron chi connectivity index (χ3n) is 2.06. The highest BCUT2D eigenvalue weighted by Gasteiger charge is 2.05. The fourth-order valence-corrected chi connectivity index (χ4v) is 1.32. The maximum Gasteiger partial charge on any atom is 0.206 e. The Labute approximate surface area is 81.0 Å². The van der Waals surface area contributed by atoms with E-state index in [4.69, 9.17) is 5.11 Å². The molecule has 0 amide bonds. The lowest BCUT2D eigenvalue weighted by atomic mass is 10.1. The zero-order valence-corrected chi connectivity index (χ0v) is 7.47. The van der Waals surface area contributed by atoms with Gasteiger partial charge in [0.1, 0.15) is 12.3 Å². The van der Waals surface area contributed by atoms with Crippen LogP contribution in [-0.2, 0) is 0 Å². The van der Waals surface area contributed by atoms with E-state index in [9.17, 15) is 4.79 Å². The van der Waals surface area contributed by atoms with Crippen LogP contribution in [0.25, 0.3) is 10.8 Å². The van der Waals surface area contributed by atoms with E-state index in [-0.39, 0.29) is 5.78 Å². The average Bonchev–Trinajstić information content (AvgIpc) is 2.27. The maximum atomic E-state index is 11.1. The van der Waals surface area contributed by atoms with Gasteiger partial charge in [-0.2, -0.15) is 0 Å². The van der Waals surface area contributed by atoms with Gasteiger partial charge in [-0.25, -0.2) is 0 Å². The molecule has 0 saturated carbocycles. The van der Waals surface area contributed by atoms with Crippen LogP contribution in [0.15, 0.2) is 36.5 Å². The first-order chi connectivity index (χ1) is 6.81. The van der Waals surface area contributed by atoms with Crippen LogP contribution in [-0.4, -0.2) is 22.5 Å². The Hall–Kier alpha value is -1.74. The van der Waals surface area contributed by atoms with Crippen molar-refractivity contribution in [3.8, 4) is 0 Å². The quantitative estimate of drug-likeness (QED) is 0.723. The number of fused-ring (bicyclic) bond motifs is 1. The van der Waals surface area contributed by atoms with Crippen molar-refractivity contribution in [1.29, 1.82) is 0 Å². The summed E-state index contributed by atoms with van der Waals surface area (Å²) in [6, 6.07) is 9.33. The molecule has 0 aliphatic rings. The number of rotatable bonds is 2. The lowest BCUT2D eigenvalue weighted by Gasteiger charge is -1.99. The second kappa shape index (κ2) is 3.55. The minimum Gasteiger partial charge on any atom is -0.388 e. The standard InChI is InChI=1S/C11H9NO2/c13-7-11(14)10-5-8-3-1-2-4-9(8)6-12-10/h1-6,13H,7H2. The summed E-state index contributed by atoms with van der Waals surface area (Å²) in [5.74, 6) is -0.351. The molecule has 3 nitrogen and oxygen atoms in total. The highest BCUT2D eigenvalue weighted by atomic mass is 16.3. The Kier molecular flexibility index (Phi) is 2.24. The Balaban J connectivity index is 2.56. The lowest BCUT2D eigenvalue weighted by molar-refractivity contribution is 0.0899. The molecule has 0 bridgehead atoms. The van der Waals surface area contributed by atoms with Crippen LogP contribution in [0.2, 0.25) is 0 Å². The van der Waals surface area contributed by atoms with Gasteiger partial charge in [-0.1, -0.05) is 24.3 Å². The zero-order valence-electron chi connectivity index (χ0n) is 7.47. The highest BCUT2D eigenvalue weighted by molar-refractivity contribution is 5.98. The van der Waals surface area contributed by atoms with Gasteiger partial charge >= 0.3 is 0 Å². The SMILES string of the molecule is O=C(CO)c1cc2ccccc2cn1. The fourth-order valence-electron chi connectivity index (χ4n) is 1.32. The highest BCUT2D eigenvalue weighted by Crippen LogP contribution is 2.13. The third-order valence-corrected chi connectivity index (χ3v) is 2.06. The van der Waals surface area contributed by atoms with Crippen molar-refractivity contribution in [2.75, 3.05) is 6.61 Å². The minimum atomic E-state index is -0.495. The maximum absolute atomic E-state index is 11.1. The number of Topliss-reactive ketones (excluding diaryl/α,β-unsaturated/α-hetero) is 1. The van der Waals surface area contributed by atoms with Crippen molar-refractivity contribution in [2.24, 2.45) is 0 Å². The predicted molar refractivity (Wildman–Crippen MR) is 53.2 cm³/mol. The second-order valence-corrected chi connectivity index (χ2v) is 3.00. The largest absolute Gasteiger partial charge is 0.388 e. The zero-order chi connectivity index (χ0) is 9.97. The van der Waals surface area contributed by atoms with Crippen molar-refractivity contribution in [2.45, 2.75) is 0 Å². The van der Waals surface area contributed by atoms with Crippen LogP contribution in [0.3, 0.4) is 0 Å². The molecule has 70 valence electrons. The molecule has 14 heavy (non-hydrogen) atoms. The van der Waals surface area contributed by atoms with Crippen LogP contribution < -0.4 is 0 Å². The summed E-state index contributed by atoms with van der Waals surface area (Å²) in [6.07, 6.45) is 1.64. The molecule has 1 aromatic carbocycles. The Morgan fingerprint density at radius 2 is 2.00 bits per heavy atom. The number of aliphatic hydroxyl groups excluding tert-OH is 1. The van der Waals surface area contributed by atoms with Gasteiger partial charge in [-0.3, -0.25) is 9.78 Å². The molecular formula is C11H9NO2. The minimum absolute atomic E-state index is 0.311. The van der Waals surface area contributed by atoms with Crippen LogP contribution in [0.4, 0.5) is 0 Å². The normalized spacial score (nSPS) is 10.4. The Bertz CT molecular complexity index is 479. The van der Waals surface area contributed by atoms with E-state index in [1.807, 2.05) is 24.3 Å². The first-order valence-electron chi connectivity index (χ1n) is 4.30. The van der Waals surface area contributed by atoms with E-state index in [0.717, 1.165) is 10.8 Å². The molecule has 1 aromatic heterocycles. The number of hydrogen-bond donors (Lipinski definition) is 1. The fraction of sp³-hybridized carbons (Fsp3) is 0.0909. The van der Waals surface area contributed by atoms with Gasteiger partial charge in [0.15, 0.2) is 0 Å². The molecule has 1 N–H and O–H groups in total. The molecule has 0 aliphatic carbocycles. The summed E-state index contributed by atoms with van der Waals surface area (Å²) in [4.78, 5) is 15.1. The van der Waals surface area contributed by atoms with E-state index in [1.54, 1.807) is 12.3 Å². The van der Waals surface area contributed by atoms with Crippen molar-refractivity contribution in [3.63, 3.8) is 0 Å². The summed E-state index contributed by atoms with van der Waals surface area (Å²) in [6.45, 7) is -0.495. The molecule has 0 saturated heterocycles. The molecule has 2 rings (SSSR count). The van der Waals surface area contributed by atoms with Gasteiger partial charge < -0.3 is 5.11 Å². The Morgan fingerprint density at radius 3 is 2.71 bits per heavy atom. The summed E-state index contributed by atoms with van der Waals surface area (Å²) in [5.41, 5.74) is 0.311. The van der Waals surface area contributed by atoms with Gasteiger partial charge in [0.25, 0.3) is 0 Å². The molecule has 0 spiro atoms. The molecule has 0 radical (unpaired) electrons. The van der Waals surface area contributed by atoms with Gasteiger partial charge in [-0.05, 0) is 11.5 Å². The van der Waals surface area contributed by atoms with Gasteiger partial charge in [-0.15, -0.1) is 0 Å². The van der Waals surface area contributed by atoms with E-state index in [1.165, 1.54) is 0 Å².